The van der Waals surface area contributed by atoms with Crippen molar-refractivity contribution in [2.24, 2.45) is 5.92 Å². The van der Waals surface area contributed by atoms with Gasteiger partial charge in [-0.2, -0.15) is 0 Å². The van der Waals surface area contributed by atoms with Gasteiger partial charge in [0.15, 0.2) is 5.78 Å². The van der Waals surface area contributed by atoms with Crippen LogP contribution in [0.25, 0.3) is 0 Å². The number of ketones is 1. The van der Waals surface area contributed by atoms with Crippen molar-refractivity contribution in [1.82, 2.24) is 15.1 Å². The molecule has 1 spiro atoms. The fourth-order valence-electron chi connectivity index (χ4n) is 5.41. The maximum atomic E-state index is 13.6. The van der Waals surface area contributed by atoms with Crippen LogP contribution in [0.3, 0.4) is 0 Å². The number of carbonyl (C=O) groups is 4. The van der Waals surface area contributed by atoms with E-state index in [4.69, 9.17) is 9.84 Å². The van der Waals surface area contributed by atoms with Crippen LogP contribution in [0, 0.1) is 5.92 Å². The molecule has 2 fully saturated rings. The van der Waals surface area contributed by atoms with Crippen LogP contribution >= 0.6 is 0 Å². The van der Waals surface area contributed by atoms with Gasteiger partial charge in [-0.05, 0) is 55.4 Å². The number of carbonyl (C=O) groups excluding carboxylic acids is 4. The number of ether oxygens (including phenoxy) is 1. The number of rotatable bonds is 10. The van der Waals surface area contributed by atoms with Crippen molar-refractivity contribution in [2.45, 2.75) is 50.8 Å². The lowest BCUT2D eigenvalue weighted by molar-refractivity contribution is -0.149. The molecule has 0 aromatic heterocycles. The summed E-state index contributed by atoms with van der Waals surface area (Å²) in [4.78, 5) is 55.9. The molecule has 1 heterocycles. The van der Waals surface area contributed by atoms with Crippen molar-refractivity contribution in [2.75, 3.05) is 26.4 Å². The number of hydrogen-bond acceptors (Lipinski definition) is 6. The molecule has 9 heteroatoms. The SMILES string of the molecule is CC(C1CC1)N(Cc1ccccc1)C(=O)CN1CO[C@]2(C(=O)Cc3cc(C(=O)NCCCO)ccc32)C1=O. The number of amides is 3. The normalized spacial score (nSPS) is 21.1. The second kappa shape index (κ2) is 10.7. The minimum atomic E-state index is -1.77. The van der Waals surface area contributed by atoms with Crippen LogP contribution in [0.2, 0.25) is 0 Å². The van der Waals surface area contributed by atoms with E-state index in [0.29, 0.717) is 42.1 Å². The van der Waals surface area contributed by atoms with E-state index in [-0.39, 0.29) is 44.2 Å². The number of nitrogens with zero attached hydrogens (tertiary/aromatic N) is 2. The molecule has 1 aliphatic heterocycles. The zero-order valence-electron chi connectivity index (χ0n) is 21.5. The van der Waals surface area contributed by atoms with Gasteiger partial charge in [0, 0.05) is 43.3 Å². The summed E-state index contributed by atoms with van der Waals surface area (Å²) in [5, 5.41) is 11.6. The minimum absolute atomic E-state index is 0.0244. The highest BCUT2D eigenvalue weighted by atomic mass is 16.5. The fourth-order valence-corrected chi connectivity index (χ4v) is 5.41. The number of aliphatic hydroxyl groups excluding tert-OH is 1. The zero-order valence-corrected chi connectivity index (χ0v) is 21.5. The van der Waals surface area contributed by atoms with E-state index in [0.717, 1.165) is 18.4 Å². The summed E-state index contributed by atoms with van der Waals surface area (Å²) in [7, 11) is 0. The van der Waals surface area contributed by atoms with E-state index < -0.39 is 17.3 Å². The summed E-state index contributed by atoms with van der Waals surface area (Å²) in [6, 6.07) is 14.6. The molecule has 38 heavy (non-hydrogen) atoms. The Bertz CT molecular complexity index is 1240. The van der Waals surface area contributed by atoms with Crippen molar-refractivity contribution in [3.8, 4) is 0 Å². The molecule has 1 unspecified atom stereocenters. The van der Waals surface area contributed by atoms with E-state index in [1.54, 1.807) is 18.2 Å². The third kappa shape index (κ3) is 4.83. The lowest BCUT2D eigenvalue weighted by atomic mass is 9.93. The summed E-state index contributed by atoms with van der Waals surface area (Å²) in [6.45, 7) is 2.49. The molecule has 5 rings (SSSR count). The molecule has 0 radical (unpaired) electrons. The van der Waals surface area contributed by atoms with Crippen LogP contribution in [0.5, 0.6) is 0 Å². The van der Waals surface area contributed by atoms with Gasteiger partial charge in [-0.15, -0.1) is 0 Å². The molecule has 9 nitrogen and oxygen atoms in total. The summed E-state index contributed by atoms with van der Waals surface area (Å²) < 4.78 is 5.89. The van der Waals surface area contributed by atoms with Gasteiger partial charge in [0.05, 0.1) is 0 Å². The van der Waals surface area contributed by atoms with Crippen molar-refractivity contribution < 1.29 is 29.0 Å². The average molecular weight is 520 g/mol. The minimum Gasteiger partial charge on any atom is -0.396 e. The van der Waals surface area contributed by atoms with Gasteiger partial charge in [-0.3, -0.25) is 19.2 Å². The fraction of sp³-hybridized carbons (Fsp3) is 0.448. The largest absolute Gasteiger partial charge is 0.396 e. The van der Waals surface area contributed by atoms with Crippen LogP contribution in [0.4, 0.5) is 0 Å². The van der Waals surface area contributed by atoms with Crippen molar-refractivity contribution in [3.05, 3.63) is 70.8 Å². The average Bonchev–Trinajstić information content (AvgIpc) is 3.67. The highest BCUT2D eigenvalue weighted by molar-refractivity contribution is 6.15. The summed E-state index contributed by atoms with van der Waals surface area (Å²) in [6.07, 6.45) is 2.58. The zero-order chi connectivity index (χ0) is 26.9. The van der Waals surface area contributed by atoms with Gasteiger partial charge in [-0.1, -0.05) is 36.4 Å². The van der Waals surface area contributed by atoms with Crippen LogP contribution in [0.15, 0.2) is 48.5 Å². The Labute approximate surface area is 221 Å². The highest BCUT2D eigenvalue weighted by Gasteiger charge is 2.59. The van der Waals surface area contributed by atoms with E-state index >= 15 is 0 Å². The van der Waals surface area contributed by atoms with E-state index in [1.807, 2.05) is 35.2 Å². The molecule has 2 aromatic rings. The summed E-state index contributed by atoms with van der Waals surface area (Å²) in [5.74, 6) is -0.962. The van der Waals surface area contributed by atoms with Crippen LogP contribution < -0.4 is 5.32 Å². The molecule has 2 aliphatic carbocycles. The molecule has 3 amide bonds. The first-order valence-corrected chi connectivity index (χ1v) is 13.2. The maximum absolute atomic E-state index is 13.6. The predicted octanol–water partition coefficient (Wildman–Crippen LogP) is 1.76. The first-order valence-electron chi connectivity index (χ1n) is 13.2. The van der Waals surface area contributed by atoms with Gasteiger partial charge >= 0.3 is 0 Å². The quantitative estimate of drug-likeness (QED) is 0.365. The van der Waals surface area contributed by atoms with E-state index in [2.05, 4.69) is 12.2 Å². The standard InChI is InChI=1S/C29H33N3O6/c1-19(21-8-9-21)32(16-20-6-3-2-4-7-20)26(35)17-31-18-38-29(28(31)37)24-11-10-22(14-23(24)15-25(29)34)27(36)30-12-5-13-33/h2-4,6-7,10-11,14,19,21,33H,5,8-9,12-13,15-18H2,1H3,(H,30,36)/t19?,29-/m1/s1. The Morgan fingerprint density at radius 3 is 2.66 bits per heavy atom. The molecule has 2 N–H and O–H groups in total. The van der Waals surface area contributed by atoms with E-state index in [1.165, 1.54) is 4.90 Å². The second-order valence-corrected chi connectivity index (χ2v) is 10.3. The number of benzene rings is 2. The first-order chi connectivity index (χ1) is 18.3. The second-order valence-electron chi connectivity index (χ2n) is 10.3. The number of fused-ring (bicyclic) bond motifs is 2. The van der Waals surface area contributed by atoms with Gasteiger partial charge in [0.1, 0.15) is 13.3 Å². The Hall–Kier alpha value is -3.56. The van der Waals surface area contributed by atoms with E-state index in [9.17, 15) is 19.2 Å². The maximum Gasteiger partial charge on any atom is 0.269 e. The van der Waals surface area contributed by atoms with Crippen LogP contribution in [-0.4, -0.2) is 70.9 Å². The molecular weight excluding hydrogens is 486 g/mol. The van der Waals surface area contributed by atoms with Crippen LogP contribution in [0.1, 0.15) is 53.2 Å². The monoisotopic (exact) mass is 519 g/mol. The molecule has 2 aromatic carbocycles. The Morgan fingerprint density at radius 1 is 1.18 bits per heavy atom. The molecule has 0 bridgehead atoms. The Kier molecular flexibility index (Phi) is 7.32. The lowest BCUT2D eigenvalue weighted by Crippen LogP contribution is -2.48. The van der Waals surface area contributed by atoms with Crippen molar-refractivity contribution in [1.29, 1.82) is 0 Å². The van der Waals surface area contributed by atoms with Gasteiger partial charge in [-0.25, -0.2) is 0 Å². The van der Waals surface area contributed by atoms with Gasteiger partial charge in [0.25, 0.3) is 11.8 Å². The number of nitrogens with one attached hydrogen (secondary N) is 1. The number of aliphatic hydroxyl groups is 1. The molecule has 3 aliphatic rings. The smallest absolute Gasteiger partial charge is 0.269 e. The third-order valence-electron chi connectivity index (χ3n) is 7.77. The lowest BCUT2D eigenvalue weighted by Gasteiger charge is -2.31. The van der Waals surface area contributed by atoms with Crippen molar-refractivity contribution >= 4 is 23.5 Å². The molecule has 1 saturated heterocycles. The number of hydrogen-bond donors (Lipinski definition) is 2. The molecule has 200 valence electrons. The van der Waals surface area contributed by atoms with Crippen LogP contribution in [-0.2, 0) is 37.7 Å². The molecular formula is C29H33N3O6. The predicted molar refractivity (Wildman–Crippen MR) is 138 cm³/mol. The summed E-state index contributed by atoms with van der Waals surface area (Å²) in [5.41, 5.74) is 0.620. The topological polar surface area (TPSA) is 116 Å². The highest BCUT2D eigenvalue weighted by Crippen LogP contribution is 2.43. The molecule has 1 saturated carbocycles. The molecule has 2 atom stereocenters. The Morgan fingerprint density at radius 2 is 1.95 bits per heavy atom. The summed E-state index contributed by atoms with van der Waals surface area (Å²) >= 11 is 0. The number of Topliss-reactive ketones (excluding diaryl/α,β-unsaturated/α-hetero) is 1. The van der Waals surface area contributed by atoms with Crippen molar-refractivity contribution in [3.63, 3.8) is 0 Å². The van der Waals surface area contributed by atoms with Gasteiger partial charge < -0.3 is 25.0 Å². The first kappa shape index (κ1) is 26.1. The van der Waals surface area contributed by atoms with Gasteiger partial charge in [0.2, 0.25) is 11.5 Å². The Balaban J connectivity index is 1.32. The third-order valence-corrected chi connectivity index (χ3v) is 7.77.